The average Bonchev–Trinajstić information content (AvgIpc) is 3.29. The highest BCUT2D eigenvalue weighted by Gasteiger charge is 2.34. The molecule has 0 radical (unpaired) electrons. The largest absolute Gasteiger partial charge is 0.477 e. The van der Waals surface area contributed by atoms with Crippen molar-refractivity contribution in [3.63, 3.8) is 0 Å². The van der Waals surface area contributed by atoms with Crippen LogP contribution in [-0.2, 0) is 11.2 Å². The van der Waals surface area contributed by atoms with Gasteiger partial charge in [-0.25, -0.2) is 23.7 Å². The Morgan fingerprint density at radius 1 is 1.33 bits per heavy atom. The fourth-order valence-corrected chi connectivity index (χ4v) is 3.45. The standard InChI is InChI=1S/C20H21FN6O3/c1-12(2)3-4-15-16(9-13(21)10-22-15)26-8-6-18(28)27(26)17-5-7-25-19(24-17)14(11-23-25)20(29)30/h5,7,9-12H,3-4,6,8H2,1-2H3,(H,29,30). The lowest BCUT2D eigenvalue weighted by molar-refractivity contribution is -0.117. The molecule has 0 spiro atoms. The van der Waals surface area contributed by atoms with Crippen molar-refractivity contribution in [2.45, 2.75) is 33.1 Å². The molecule has 1 N–H and O–H groups in total. The van der Waals surface area contributed by atoms with Crippen LogP contribution in [0.4, 0.5) is 15.9 Å². The molecule has 0 saturated carbocycles. The number of amides is 1. The minimum atomic E-state index is -1.16. The molecule has 4 heterocycles. The van der Waals surface area contributed by atoms with E-state index in [1.54, 1.807) is 11.1 Å². The second-order valence-electron chi connectivity index (χ2n) is 7.55. The third-order valence-electron chi connectivity index (χ3n) is 4.97. The van der Waals surface area contributed by atoms with Gasteiger partial charge in [-0.1, -0.05) is 13.8 Å². The van der Waals surface area contributed by atoms with Crippen LogP contribution in [0.2, 0.25) is 0 Å². The molecule has 1 fully saturated rings. The summed E-state index contributed by atoms with van der Waals surface area (Å²) in [6, 6.07) is 2.94. The van der Waals surface area contributed by atoms with Gasteiger partial charge < -0.3 is 5.11 Å². The molecule has 10 heteroatoms. The number of carbonyl (C=O) groups is 2. The van der Waals surface area contributed by atoms with Crippen molar-refractivity contribution in [2.24, 2.45) is 5.92 Å². The molecule has 1 aliphatic rings. The van der Waals surface area contributed by atoms with Crippen molar-refractivity contribution in [1.82, 2.24) is 19.6 Å². The summed E-state index contributed by atoms with van der Waals surface area (Å²) in [4.78, 5) is 32.8. The Morgan fingerprint density at radius 2 is 2.13 bits per heavy atom. The van der Waals surface area contributed by atoms with Crippen molar-refractivity contribution in [3.8, 4) is 0 Å². The monoisotopic (exact) mass is 412 g/mol. The van der Waals surface area contributed by atoms with Crippen LogP contribution in [0.5, 0.6) is 0 Å². The lowest BCUT2D eigenvalue weighted by Crippen LogP contribution is -2.40. The molecule has 1 aliphatic heterocycles. The summed E-state index contributed by atoms with van der Waals surface area (Å²) in [7, 11) is 0. The number of fused-ring (bicyclic) bond motifs is 1. The topological polar surface area (TPSA) is 104 Å². The van der Waals surface area contributed by atoms with Crippen LogP contribution >= 0.6 is 0 Å². The third-order valence-corrected chi connectivity index (χ3v) is 4.97. The minimum Gasteiger partial charge on any atom is -0.477 e. The van der Waals surface area contributed by atoms with Gasteiger partial charge in [-0.05, 0) is 18.8 Å². The number of hydrogen-bond donors (Lipinski definition) is 1. The number of aromatic carboxylic acids is 1. The van der Waals surface area contributed by atoms with Crippen LogP contribution in [0.3, 0.4) is 0 Å². The first-order valence-electron chi connectivity index (χ1n) is 9.67. The van der Waals surface area contributed by atoms with Gasteiger partial charge >= 0.3 is 5.97 Å². The molecule has 156 valence electrons. The van der Waals surface area contributed by atoms with Crippen LogP contribution in [0.25, 0.3) is 5.65 Å². The SMILES string of the molecule is CC(C)CCc1ncc(F)cc1N1CCC(=O)N1c1ccn2ncc(C(=O)O)c2n1. The second-order valence-corrected chi connectivity index (χ2v) is 7.55. The van der Waals surface area contributed by atoms with E-state index in [9.17, 15) is 19.1 Å². The van der Waals surface area contributed by atoms with E-state index in [-0.39, 0.29) is 29.4 Å². The summed E-state index contributed by atoms with van der Waals surface area (Å²) in [5.74, 6) is -1.19. The summed E-state index contributed by atoms with van der Waals surface area (Å²) < 4.78 is 15.4. The number of aryl methyl sites for hydroxylation is 1. The first-order valence-corrected chi connectivity index (χ1v) is 9.67. The molecule has 3 aromatic rings. The number of hydrogen-bond acceptors (Lipinski definition) is 6. The predicted molar refractivity (Wildman–Crippen MR) is 107 cm³/mol. The van der Waals surface area contributed by atoms with Gasteiger partial charge in [-0.15, -0.1) is 0 Å². The summed E-state index contributed by atoms with van der Waals surface area (Å²) in [6.45, 7) is 4.54. The number of aromatic nitrogens is 4. The molecule has 0 aliphatic carbocycles. The van der Waals surface area contributed by atoms with Crippen LogP contribution < -0.4 is 10.0 Å². The third kappa shape index (κ3) is 3.56. The van der Waals surface area contributed by atoms with Crippen molar-refractivity contribution in [1.29, 1.82) is 0 Å². The maximum absolute atomic E-state index is 14.0. The van der Waals surface area contributed by atoms with Gasteiger partial charge in [0.15, 0.2) is 11.5 Å². The lowest BCUT2D eigenvalue weighted by atomic mass is 10.1. The van der Waals surface area contributed by atoms with E-state index in [4.69, 9.17) is 0 Å². The Balaban J connectivity index is 1.77. The van der Waals surface area contributed by atoms with Gasteiger partial charge in [0.2, 0.25) is 5.91 Å². The van der Waals surface area contributed by atoms with Gasteiger partial charge in [0.05, 0.1) is 23.8 Å². The van der Waals surface area contributed by atoms with E-state index < -0.39 is 11.8 Å². The smallest absolute Gasteiger partial charge is 0.341 e. The highest BCUT2D eigenvalue weighted by Crippen LogP contribution is 2.31. The van der Waals surface area contributed by atoms with Crippen molar-refractivity contribution < 1.29 is 19.1 Å². The minimum absolute atomic E-state index is 0.0694. The number of carboxylic acid groups (broad SMARTS) is 1. The molecule has 30 heavy (non-hydrogen) atoms. The predicted octanol–water partition coefficient (Wildman–Crippen LogP) is 2.71. The summed E-state index contributed by atoms with van der Waals surface area (Å²) in [5.41, 5.74) is 1.26. The molecular weight excluding hydrogens is 391 g/mol. The Morgan fingerprint density at radius 3 is 2.87 bits per heavy atom. The lowest BCUT2D eigenvalue weighted by Gasteiger charge is -2.30. The van der Waals surface area contributed by atoms with E-state index in [2.05, 4.69) is 28.9 Å². The highest BCUT2D eigenvalue weighted by atomic mass is 19.1. The molecule has 4 rings (SSSR count). The number of carbonyl (C=O) groups excluding carboxylic acids is 1. The number of anilines is 2. The first-order chi connectivity index (χ1) is 14.3. The fraction of sp³-hybridized carbons (Fsp3) is 0.350. The van der Waals surface area contributed by atoms with Crippen molar-refractivity contribution >= 4 is 29.0 Å². The number of halogens is 1. The van der Waals surface area contributed by atoms with E-state index in [1.807, 2.05) is 0 Å². The highest BCUT2D eigenvalue weighted by molar-refractivity contribution is 5.99. The molecule has 3 aromatic heterocycles. The molecule has 0 aromatic carbocycles. The quantitative estimate of drug-likeness (QED) is 0.664. The van der Waals surface area contributed by atoms with E-state index >= 15 is 0 Å². The van der Waals surface area contributed by atoms with Crippen LogP contribution in [0, 0.1) is 11.7 Å². The Bertz CT molecular complexity index is 1130. The summed E-state index contributed by atoms with van der Waals surface area (Å²) >= 11 is 0. The number of pyridine rings is 1. The van der Waals surface area contributed by atoms with E-state index in [1.165, 1.54) is 34.2 Å². The van der Waals surface area contributed by atoms with E-state index in [0.29, 0.717) is 30.3 Å². The van der Waals surface area contributed by atoms with Crippen LogP contribution in [0.15, 0.2) is 30.7 Å². The van der Waals surface area contributed by atoms with Crippen molar-refractivity contribution in [2.75, 3.05) is 16.6 Å². The normalized spacial score (nSPS) is 14.3. The van der Waals surface area contributed by atoms with Crippen LogP contribution in [0.1, 0.15) is 42.7 Å². The molecule has 1 saturated heterocycles. The van der Waals surface area contributed by atoms with Gasteiger partial charge in [0.25, 0.3) is 0 Å². The Hall–Kier alpha value is -3.56. The zero-order valence-corrected chi connectivity index (χ0v) is 16.6. The molecule has 0 unspecified atom stereocenters. The zero-order chi connectivity index (χ0) is 21.4. The molecule has 1 amide bonds. The average molecular weight is 412 g/mol. The molecule has 9 nitrogen and oxygen atoms in total. The maximum Gasteiger partial charge on any atom is 0.341 e. The van der Waals surface area contributed by atoms with Gasteiger partial charge in [-0.2, -0.15) is 5.10 Å². The van der Waals surface area contributed by atoms with Gasteiger partial charge in [0, 0.05) is 31.3 Å². The van der Waals surface area contributed by atoms with Gasteiger partial charge in [0.1, 0.15) is 11.4 Å². The summed E-state index contributed by atoms with van der Waals surface area (Å²) in [5, 5.41) is 16.3. The number of rotatable bonds is 6. The second kappa shape index (κ2) is 7.69. The number of hydrazine groups is 1. The Labute approximate surface area is 171 Å². The van der Waals surface area contributed by atoms with E-state index in [0.717, 1.165) is 6.42 Å². The Kier molecular flexibility index (Phi) is 5.06. The fourth-order valence-electron chi connectivity index (χ4n) is 3.45. The molecule has 0 bridgehead atoms. The van der Waals surface area contributed by atoms with Crippen LogP contribution in [-0.4, -0.2) is 43.1 Å². The summed E-state index contributed by atoms with van der Waals surface area (Å²) in [6.07, 6.45) is 5.66. The molecular formula is C20H21FN6O3. The number of carboxylic acids is 1. The number of nitrogens with zero attached hydrogens (tertiary/aromatic N) is 6. The van der Waals surface area contributed by atoms with Crippen molar-refractivity contribution in [3.05, 3.63) is 47.8 Å². The first kappa shape index (κ1) is 19.7. The molecule has 0 atom stereocenters. The maximum atomic E-state index is 14.0. The van der Waals surface area contributed by atoms with Gasteiger partial charge in [-0.3, -0.25) is 14.8 Å². The zero-order valence-electron chi connectivity index (χ0n) is 16.6.